The first-order chi connectivity index (χ1) is 11.6. The van der Waals surface area contributed by atoms with Crippen molar-refractivity contribution in [2.45, 2.75) is 12.1 Å². The summed E-state index contributed by atoms with van der Waals surface area (Å²) in [4.78, 5) is 38.5. The molecule has 6 nitrogen and oxygen atoms in total. The van der Waals surface area contributed by atoms with Crippen molar-refractivity contribution in [2.24, 2.45) is 0 Å². The summed E-state index contributed by atoms with van der Waals surface area (Å²) >= 11 is 0. The van der Waals surface area contributed by atoms with Crippen molar-refractivity contribution in [3.63, 3.8) is 0 Å². The van der Waals surface area contributed by atoms with E-state index >= 15 is 0 Å². The van der Waals surface area contributed by atoms with Crippen LogP contribution in [0.15, 0.2) is 54.6 Å². The number of nitrogens with zero attached hydrogens (tertiary/aromatic N) is 1. The topological polar surface area (TPSA) is 78.5 Å². The molecule has 6 heteroatoms. The lowest BCUT2D eigenvalue weighted by atomic mass is 9.89. The molecule has 4 amide bonds. The maximum atomic E-state index is 12.6. The molecule has 120 valence electrons. The molecule has 2 aliphatic rings. The van der Waals surface area contributed by atoms with E-state index in [2.05, 4.69) is 10.6 Å². The number of carbonyl (C=O) groups is 3. The maximum Gasteiger partial charge on any atom is 0.322 e. The Hall–Kier alpha value is -3.15. The molecule has 2 aromatic rings. The van der Waals surface area contributed by atoms with Gasteiger partial charge in [0.05, 0.1) is 6.54 Å². The molecule has 24 heavy (non-hydrogen) atoms. The molecule has 4 rings (SSSR count). The van der Waals surface area contributed by atoms with Gasteiger partial charge in [0.1, 0.15) is 0 Å². The Morgan fingerprint density at radius 2 is 1.67 bits per heavy atom. The van der Waals surface area contributed by atoms with Gasteiger partial charge in [-0.2, -0.15) is 0 Å². The van der Waals surface area contributed by atoms with Gasteiger partial charge in [-0.3, -0.25) is 14.9 Å². The van der Waals surface area contributed by atoms with Crippen molar-refractivity contribution in [1.82, 2.24) is 15.5 Å². The van der Waals surface area contributed by atoms with Gasteiger partial charge in [0, 0.05) is 12.1 Å². The smallest absolute Gasteiger partial charge is 0.322 e. The van der Waals surface area contributed by atoms with Gasteiger partial charge in [-0.05, 0) is 17.2 Å². The third-order valence-electron chi connectivity index (χ3n) is 4.53. The van der Waals surface area contributed by atoms with Crippen molar-refractivity contribution in [2.75, 3.05) is 6.54 Å². The van der Waals surface area contributed by atoms with Gasteiger partial charge in [-0.15, -0.1) is 0 Å². The van der Waals surface area contributed by atoms with Crippen LogP contribution in [0.25, 0.3) is 0 Å². The Kier molecular flexibility index (Phi) is 3.13. The zero-order valence-corrected chi connectivity index (χ0v) is 12.8. The predicted octanol–water partition coefficient (Wildman–Crippen LogP) is 1.38. The minimum absolute atomic E-state index is 0.0854. The molecule has 2 heterocycles. The van der Waals surface area contributed by atoms with Crippen LogP contribution in [0.5, 0.6) is 0 Å². The molecule has 0 saturated carbocycles. The van der Waals surface area contributed by atoms with Gasteiger partial charge < -0.3 is 10.2 Å². The van der Waals surface area contributed by atoms with Crippen molar-refractivity contribution < 1.29 is 14.4 Å². The van der Waals surface area contributed by atoms with Crippen LogP contribution in [-0.4, -0.2) is 29.3 Å². The monoisotopic (exact) mass is 321 g/mol. The fourth-order valence-corrected chi connectivity index (χ4v) is 3.35. The number of nitrogens with one attached hydrogen (secondary N) is 2. The lowest BCUT2D eigenvalue weighted by Crippen LogP contribution is -2.52. The molecule has 1 saturated heterocycles. The highest BCUT2D eigenvalue weighted by atomic mass is 16.2. The molecule has 0 radical (unpaired) electrons. The van der Waals surface area contributed by atoms with Crippen LogP contribution in [0.1, 0.15) is 21.5 Å². The van der Waals surface area contributed by atoms with Crippen molar-refractivity contribution in [3.05, 3.63) is 71.3 Å². The molecule has 1 fully saturated rings. The van der Waals surface area contributed by atoms with E-state index in [9.17, 15) is 14.4 Å². The van der Waals surface area contributed by atoms with E-state index in [-0.39, 0.29) is 12.5 Å². The first kappa shape index (κ1) is 14.4. The quantitative estimate of drug-likeness (QED) is 0.838. The third-order valence-corrected chi connectivity index (χ3v) is 4.53. The number of imide groups is 1. The Bertz CT molecular complexity index is 850. The Morgan fingerprint density at radius 1 is 0.958 bits per heavy atom. The number of amides is 4. The number of carbonyl (C=O) groups excluding carboxylic acids is 3. The third kappa shape index (κ3) is 2.07. The molecular formula is C18H15N3O3. The second kappa shape index (κ2) is 5.19. The standard InChI is InChI=1S/C18H15N3O3/c22-15-14-9-5-4-6-12(14)10-21(15)11-18(13-7-2-1-3-8-13)16(23)19-17(24)20-18/h1-9H,10-11H2,(H2,19,20,23,24)/t18-/m0/s1. The first-order valence-electron chi connectivity index (χ1n) is 7.66. The zero-order chi connectivity index (χ0) is 16.7. The second-order valence-electron chi connectivity index (χ2n) is 6.00. The van der Waals surface area contributed by atoms with E-state index in [0.717, 1.165) is 5.56 Å². The van der Waals surface area contributed by atoms with Crippen molar-refractivity contribution in [3.8, 4) is 0 Å². The molecule has 0 bridgehead atoms. The van der Waals surface area contributed by atoms with Gasteiger partial charge >= 0.3 is 6.03 Å². The summed E-state index contributed by atoms with van der Waals surface area (Å²) in [5.74, 6) is -0.572. The summed E-state index contributed by atoms with van der Waals surface area (Å²) in [6, 6.07) is 15.8. The van der Waals surface area contributed by atoms with Crippen molar-refractivity contribution >= 4 is 17.8 Å². The second-order valence-corrected chi connectivity index (χ2v) is 6.00. The van der Waals surface area contributed by atoms with Gasteiger partial charge in [0.25, 0.3) is 11.8 Å². The number of hydrogen-bond donors (Lipinski definition) is 2. The number of benzene rings is 2. The lowest BCUT2D eigenvalue weighted by Gasteiger charge is -2.31. The number of fused-ring (bicyclic) bond motifs is 1. The molecule has 2 N–H and O–H groups in total. The van der Waals surface area contributed by atoms with Gasteiger partial charge in [-0.25, -0.2) is 4.79 Å². The van der Waals surface area contributed by atoms with Crippen LogP contribution in [0.2, 0.25) is 0 Å². The van der Waals surface area contributed by atoms with Crippen LogP contribution in [-0.2, 0) is 16.9 Å². The molecule has 2 aromatic carbocycles. The number of rotatable bonds is 3. The van der Waals surface area contributed by atoms with Gasteiger partial charge in [-0.1, -0.05) is 48.5 Å². The summed E-state index contributed by atoms with van der Waals surface area (Å²) in [5.41, 5.74) is 0.953. The van der Waals surface area contributed by atoms with E-state index in [4.69, 9.17) is 0 Å². The van der Waals surface area contributed by atoms with Crippen LogP contribution in [0.4, 0.5) is 4.79 Å². The van der Waals surface area contributed by atoms with Crippen LogP contribution >= 0.6 is 0 Å². The summed E-state index contributed by atoms with van der Waals surface area (Å²) in [7, 11) is 0. The minimum atomic E-state index is -1.27. The Morgan fingerprint density at radius 3 is 2.33 bits per heavy atom. The molecule has 0 aliphatic carbocycles. The molecular weight excluding hydrogens is 306 g/mol. The first-order valence-corrected chi connectivity index (χ1v) is 7.66. The average molecular weight is 321 g/mol. The lowest BCUT2D eigenvalue weighted by molar-refractivity contribution is -0.124. The number of hydrogen-bond acceptors (Lipinski definition) is 3. The highest BCUT2D eigenvalue weighted by molar-refractivity contribution is 6.08. The number of urea groups is 1. The predicted molar refractivity (Wildman–Crippen MR) is 86.0 cm³/mol. The summed E-state index contributed by atoms with van der Waals surface area (Å²) in [5, 5.41) is 5.00. The molecule has 0 unspecified atom stereocenters. The highest BCUT2D eigenvalue weighted by Crippen LogP contribution is 2.30. The Balaban J connectivity index is 1.71. The molecule has 2 aliphatic heterocycles. The zero-order valence-electron chi connectivity index (χ0n) is 12.8. The SMILES string of the molecule is O=C1NC(=O)[C@](CN2Cc3ccccc3C2=O)(c2ccccc2)N1. The maximum absolute atomic E-state index is 12.6. The fraction of sp³-hybridized carbons (Fsp3) is 0.167. The van der Waals surface area contributed by atoms with Crippen molar-refractivity contribution in [1.29, 1.82) is 0 Å². The van der Waals surface area contributed by atoms with E-state index in [1.54, 1.807) is 35.2 Å². The van der Waals surface area contributed by atoms with Crippen LogP contribution < -0.4 is 10.6 Å². The summed E-state index contributed by atoms with van der Waals surface area (Å²) < 4.78 is 0. The Labute approximate surface area is 138 Å². The van der Waals surface area contributed by atoms with E-state index in [1.165, 1.54) is 0 Å². The van der Waals surface area contributed by atoms with Gasteiger partial charge in [0.15, 0.2) is 5.54 Å². The minimum Gasteiger partial charge on any atom is -0.331 e. The summed E-state index contributed by atoms with van der Waals surface area (Å²) in [6.45, 7) is 0.509. The molecule has 0 spiro atoms. The average Bonchev–Trinajstić information content (AvgIpc) is 3.06. The summed E-state index contributed by atoms with van der Waals surface area (Å²) in [6.07, 6.45) is 0. The highest BCUT2D eigenvalue weighted by Gasteiger charge is 2.50. The van der Waals surface area contributed by atoms with E-state index in [1.807, 2.05) is 24.3 Å². The van der Waals surface area contributed by atoms with Crippen LogP contribution in [0, 0.1) is 0 Å². The van der Waals surface area contributed by atoms with E-state index in [0.29, 0.717) is 17.7 Å². The largest absolute Gasteiger partial charge is 0.331 e. The van der Waals surface area contributed by atoms with Crippen LogP contribution in [0.3, 0.4) is 0 Å². The molecule has 1 atom stereocenters. The van der Waals surface area contributed by atoms with Gasteiger partial charge in [0.2, 0.25) is 0 Å². The molecule has 0 aromatic heterocycles. The van der Waals surface area contributed by atoms with E-state index < -0.39 is 17.5 Å². The fourth-order valence-electron chi connectivity index (χ4n) is 3.35. The normalized spacial score (nSPS) is 22.3.